The Hall–Kier alpha value is -1.75. The van der Waals surface area contributed by atoms with Gasteiger partial charge in [0, 0.05) is 26.0 Å². The van der Waals surface area contributed by atoms with Crippen LogP contribution in [0.3, 0.4) is 0 Å². The van der Waals surface area contributed by atoms with Crippen molar-refractivity contribution in [1.82, 2.24) is 0 Å². The molecule has 0 unspecified atom stereocenters. The van der Waals surface area contributed by atoms with Crippen molar-refractivity contribution >= 4 is 21.4 Å². The zero-order valence-electron chi connectivity index (χ0n) is 9.74. The minimum atomic E-state index is -3.37. The van der Waals surface area contributed by atoms with Crippen LogP contribution in [0.25, 0.3) is 0 Å². The normalized spacial score (nSPS) is 17.2. The first-order valence-electron chi connectivity index (χ1n) is 5.17. The lowest BCUT2D eigenvalue weighted by Gasteiger charge is -2.22. The second-order valence-corrected chi connectivity index (χ2v) is 5.62. The summed E-state index contributed by atoms with van der Waals surface area (Å²) in [5.74, 6) is 0. The van der Waals surface area contributed by atoms with E-state index in [0.29, 0.717) is 5.69 Å². The smallest absolute Gasteiger partial charge is 0.261 e. The van der Waals surface area contributed by atoms with Gasteiger partial charge in [-0.3, -0.25) is 0 Å². The molecule has 2 rings (SSSR count). The van der Waals surface area contributed by atoms with Crippen LogP contribution in [0, 0.1) is 0 Å². The van der Waals surface area contributed by atoms with E-state index in [-0.39, 0.29) is 0 Å². The van der Waals surface area contributed by atoms with Crippen molar-refractivity contribution in [3.63, 3.8) is 0 Å². The quantitative estimate of drug-likeness (QED) is 0.805. The molecule has 0 saturated heterocycles. The summed E-state index contributed by atoms with van der Waals surface area (Å²) in [6.45, 7) is 0. The zero-order chi connectivity index (χ0) is 12.5. The average Bonchev–Trinajstić information content (AvgIpc) is 2.28. The Bertz CT molecular complexity index is 574. The molecule has 17 heavy (non-hydrogen) atoms. The molecule has 1 heterocycles. The second-order valence-electron chi connectivity index (χ2n) is 3.93. The molecule has 0 bridgehead atoms. The van der Waals surface area contributed by atoms with Crippen molar-refractivity contribution in [3.05, 3.63) is 48.0 Å². The van der Waals surface area contributed by atoms with E-state index in [1.165, 1.54) is 15.8 Å². The molecule has 1 aliphatic heterocycles. The fraction of sp³-hybridized carbons (Fsp3) is 0.167. The van der Waals surface area contributed by atoms with E-state index >= 15 is 0 Å². The van der Waals surface area contributed by atoms with Gasteiger partial charge in [-0.05, 0) is 30.4 Å². The van der Waals surface area contributed by atoms with Crippen LogP contribution >= 0.6 is 0 Å². The van der Waals surface area contributed by atoms with E-state index < -0.39 is 10.0 Å². The predicted molar refractivity (Wildman–Crippen MR) is 70.4 cm³/mol. The van der Waals surface area contributed by atoms with Crippen LogP contribution in [0.1, 0.15) is 0 Å². The van der Waals surface area contributed by atoms with Gasteiger partial charge in [0.05, 0.1) is 11.1 Å². The SMILES string of the molecule is CN(C)c1cccc(N2C=CC=CS2(=O)=O)c1. The summed E-state index contributed by atoms with van der Waals surface area (Å²) in [4.78, 5) is 1.93. The van der Waals surface area contributed by atoms with Crippen LogP contribution in [0.4, 0.5) is 11.4 Å². The summed E-state index contributed by atoms with van der Waals surface area (Å²) >= 11 is 0. The summed E-state index contributed by atoms with van der Waals surface area (Å²) in [5.41, 5.74) is 1.59. The van der Waals surface area contributed by atoms with Crippen LogP contribution in [-0.4, -0.2) is 22.5 Å². The standard InChI is InChI=1S/C12H14N2O2S/c1-13(2)11-6-5-7-12(10-11)14-8-3-4-9-17(14,15)16/h3-10H,1-2H3. The van der Waals surface area contributed by atoms with Gasteiger partial charge >= 0.3 is 0 Å². The first-order valence-corrected chi connectivity index (χ1v) is 6.68. The highest BCUT2D eigenvalue weighted by atomic mass is 32.2. The summed E-state index contributed by atoms with van der Waals surface area (Å²) < 4.78 is 24.9. The molecule has 0 radical (unpaired) electrons. The lowest BCUT2D eigenvalue weighted by molar-refractivity contribution is 0.604. The van der Waals surface area contributed by atoms with Gasteiger partial charge in [0.1, 0.15) is 0 Å². The van der Waals surface area contributed by atoms with Crippen LogP contribution in [0.5, 0.6) is 0 Å². The number of sulfonamides is 1. The van der Waals surface area contributed by atoms with Gasteiger partial charge in [-0.15, -0.1) is 0 Å². The largest absolute Gasteiger partial charge is 0.378 e. The van der Waals surface area contributed by atoms with Crippen molar-refractivity contribution in [2.45, 2.75) is 0 Å². The molecule has 0 fully saturated rings. The number of hydrogen-bond donors (Lipinski definition) is 0. The number of nitrogens with zero attached hydrogens (tertiary/aromatic N) is 2. The molecule has 90 valence electrons. The highest BCUT2D eigenvalue weighted by Gasteiger charge is 2.19. The third kappa shape index (κ3) is 2.34. The van der Waals surface area contributed by atoms with E-state index in [2.05, 4.69) is 0 Å². The van der Waals surface area contributed by atoms with Crippen LogP contribution in [0.15, 0.2) is 48.0 Å². The van der Waals surface area contributed by atoms with E-state index in [1.54, 1.807) is 18.3 Å². The second kappa shape index (κ2) is 4.25. The summed E-state index contributed by atoms with van der Waals surface area (Å²) in [5, 5.41) is 1.19. The van der Waals surface area contributed by atoms with Crippen molar-refractivity contribution in [2.24, 2.45) is 0 Å². The van der Waals surface area contributed by atoms with Crippen LogP contribution < -0.4 is 9.21 Å². The van der Waals surface area contributed by atoms with Gasteiger partial charge in [0.15, 0.2) is 0 Å². The van der Waals surface area contributed by atoms with E-state index in [1.807, 2.05) is 37.2 Å². The minimum absolute atomic E-state index is 0.636. The molecule has 0 aliphatic carbocycles. The fourth-order valence-electron chi connectivity index (χ4n) is 1.56. The number of anilines is 2. The maximum absolute atomic E-state index is 11.8. The first kappa shape index (κ1) is 11.7. The third-order valence-corrected chi connectivity index (χ3v) is 3.84. The Balaban J connectivity index is 2.44. The summed E-state index contributed by atoms with van der Waals surface area (Å²) in [6, 6.07) is 7.38. The third-order valence-electron chi connectivity index (χ3n) is 2.46. The highest BCUT2D eigenvalue weighted by Crippen LogP contribution is 2.25. The Morgan fingerprint density at radius 1 is 1.18 bits per heavy atom. The van der Waals surface area contributed by atoms with Crippen LogP contribution in [-0.2, 0) is 10.0 Å². The van der Waals surface area contributed by atoms with Gasteiger partial charge in [0.25, 0.3) is 10.0 Å². The Morgan fingerprint density at radius 3 is 2.59 bits per heavy atom. The van der Waals surface area contributed by atoms with Gasteiger partial charge in [0.2, 0.25) is 0 Å². The Morgan fingerprint density at radius 2 is 1.94 bits per heavy atom. The van der Waals surface area contributed by atoms with Crippen molar-refractivity contribution in [3.8, 4) is 0 Å². The van der Waals surface area contributed by atoms with Gasteiger partial charge in [-0.2, -0.15) is 0 Å². The van der Waals surface area contributed by atoms with E-state index in [4.69, 9.17) is 0 Å². The molecule has 5 heteroatoms. The molecule has 0 atom stereocenters. The van der Waals surface area contributed by atoms with E-state index in [9.17, 15) is 8.42 Å². The monoisotopic (exact) mass is 250 g/mol. The molecule has 0 aromatic heterocycles. The molecule has 0 saturated carbocycles. The number of rotatable bonds is 2. The summed E-state index contributed by atoms with van der Waals surface area (Å²) in [6.07, 6.45) is 4.76. The maximum Gasteiger partial charge on any atom is 0.261 e. The lowest BCUT2D eigenvalue weighted by Crippen LogP contribution is -2.24. The van der Waals surface area contributed by atoms with Crippen molar-refractivity contribution < 1.29 is 8.42 Å². The number of hydrogen-bond acceptors (Lipinski definition) is 3. The predicted octanol–water partition coefficient (Wildman–Crippen LogP) is 1.93. The first-order chi connectivity index (χ1) is 8.00. The molecule has 0 amide bonds. The molecule has 4 nitrogen and oxygen atoms in total. The minimum Gasteiger partial charge on any atom is -0.378 e. The molecule has 1 aliphatic rings. The molecule has 0 N–H and O–H groups in total. The number of allylic oxidation sites excluding steroid dienone is 2. The highest BCUT2D eigenvalue weighted by molar-refractivity contribution is 7.95. The molecule has 1 aromatic carbocycles. The number of benzene rings is 1. The van der Waals surface area contributed by atoms with Gasteiger partial charge in [-0.1, -0.05) is 6.07 Å². The maximum atomic E-state index is 11.8. The Labute approximate surface area is 102 Å². The van der Waals surface area contributed by atoms with Gasteiger partial charge < -0.3 is 4.90 Å². The average molecular weight is 250 g/mol. The molecular formula is C12H14N2O2S. The zero-order valence-corrected chi connectivity index (χ0v) is 10.6. The molecular weight excluding hydrogens is 236 g/mol. The van der Waals surface area contributed by atoms with Gasteiger partial charge in [-0.25, -0.2) is 12.7 Å². The lowest BCUT2D eigenvalue weighted by atomic mass is 10.2. The molecule has 1 aromatic rings. The van der Waals surface area contributed by atoms with Crippen molar-refractivity contribution in [2.75, 3.05) is 23.3 Å². The molecule has 0 spiro atoms. The Kier molecular flexibility index (Phi) is 2.93. The topological polar surface area (TPSA) is 40.6 Å². The van der Waals surface area contributed by atoms with E-state index in [0.717, 1.165) is 5.69 Å². The van der Waals surface area contributed by atoms with Crippen molar-refractivity contribution in [1.29, 1.82) is 0 Å². The van der Waals surface area contributed by atoms with Crippen LogP contribution in [0.2, 0.25) is 0 Å². The fourth-order valence-corrected chi connectivity index (χ4v) is 2.63. The summed E-state index contributed by atoms with van der Waals surface area (Å²) in [7, 11) is 0.461.